The number of carbonyl (C=O) groups excluding carboxylic acids is 2. The van der Waals surface area contributed by atoms with Gasteiger partial charge < -0.3 is 4.74 Å². The molecule has 2 aromatic rings. The summed E-state index contributed by atoms with van der Waals surface area (Å²) < 4.78 is 5.26. The summed E-state index contributed by atoms with van der Waals surface area (Å²) >= 11 is 0. The Kier molecular flexibility index (Phi) is 4.34. The molecule has 0 saturated heterocycles. The minimum absolute atomic E-state index is 0.170. The lowest BCUT2D eigenvalue weighted by Gasteiger charge is -2.22. The molecule has 1 amide bonds. The molecule has 6 nitrogen and oxygen atoms in total. The Labute approximate surface area is 138 Å². The summed E-state index contributed by atoms with van der Waals surface area (Å²) in [5.74, 6) is -0.450. The summed E-state index contributed by atoms with van der Waals surface area (Å²) in [7, 11) is 0. The van der Waals surface area contributed by atoms with Crippen molar-refractivity contribution in [2.45, 2.75) is 12.8 Å². The highest BCUT2D eigenvalue weighted by atomic mass is 16.5. The van der Waals surface area contributed by atoms with Crippen molar-refractivity contribution in [1.82, 2.24) is 0 Å². The molecule has 0 fully saturated rings. The van der Waals surface area contributed by atoms with Crippen molar-refractivity contribution < 1.29 is 14.3 Å². The quantitative estimate of drug-likeness (QED) is 0.643. The molecule has 118 valence electrons. The molecular formula is C18H13N3O3. The van der Waals surface area contributed by atoms with Crippen LogP contribution in [-0.4, -0.2) is 17.6 Å². The fourth-order valence-electron chi connectivity index (χ4n) is 2.23. The first-order valence-corrected chi connectivity index (χ1v) is 7.35. The first-order valence-electron chi connectivity index (χ1n) is 7.35. The third kappa shape index (κ3) is 3.31. The van der Waals surface area contributed by atoms with Crippen LogP contribution in [0.2, 0.25) is 0 Å². The molecule has 1 aliphatic rings. The van der Waals surface area contributed by atoms with Crippen molar-refractivity contribution in [2.75, 3.05) is 5.01 Å². The Bertz CT molecular complexity index is 836. The number of hydrogen-bond donors (Lipinski definition) is 0. The summed E-state index contributed by atoms with van der Waals surface area (Å²) in [5.41, 5.74) is 1.26. The van der Waals surface area contributed by atoms with Gasteiger partial charge in [-0.1, -0.05) is 18.2 Å². The monoisotopic (exact) mass is 319 g/mol. The molecule has 3 rings (SSSR count). The number of hydrazone groups is 1. The number of ether oxygens (including phenoxy) is 1. The third-order valence-corrected chi connectivity index (χ3v) is 3.46. The average molecular weight is 319 g/mol. The number of nitrogens with zero attached hydrogens (tertiary/aromatic N) is 3. The van der Waals surface area contributed by atoms with E-state index in [1.54, 1.807) is 48.5 Å². The molecule has 1 heterocycles. The first kappa shape index (κ1) is 15.4. The number of amides is 1. The van der Waals surface area contributed by atoms with E-state index in [2.05, 4.69) is 5.10 Å². The van der Waals surface area contributed by atoms with Crippen LogP contribution in [0.15, 0.2) is 59.7 Å². The first-order chi connectivity index (χ1) is 11.7. The lowest BCUT2D eigenvalue weighted by atomic mass is 10.1. The molecule has 0 atom stereocenters. The highest BCUT2D eigenvalue weighted by molar-refractivity contribution is 6.38. The highest BCUT2D eigenvalue weighted by Gasteiger charge is 2.26. The zero-order valence-electron chi connectivity index (χ0n) is 12.7. The van der Waals surface area contributed by atoms with Crippen molar-refractivity contribution in [3.63, 3.8) is 0 Å². The third-order valence-electron chi connectivity index (χ3n) is 3.46. The predicted octanol–water partition coefficient (Wildman–Crippen LogP) is 2.65. The van der Waals surface area contributed by atoms with Gasteiger partial charge in [0, 0.05) is 12.8 Å². The summed E-state index contributed by atoms with van der Waals surface area (Å²) in [4.78, 5) is 24.3. The van der Waals surface area contributed by atoms with E-state index in [-0.39, 0.29) is 24.5 Å². The van der Waals surface area contributed by atoms with Crippen LogP contribution in [-0.2, 0) is 9.59 Å². The van der Waals surface area contributed by atoms with E-state index in [1.165, 1.54) is 5.01 Å². The van der Waals surface area contributed by atoms with E-state index in [1.807, 2.05) is 12.1 Å². The Morgan fingerprint density at radius 1 is 1.08 bits per heavy atom. The number of benzene rings is 2. The zero-order valence-corrected chi connectivity index (χ0v) is 12.7. The van der Waals surface area contributed by atoms with Crippen LogP contribution in [0.4, 0.5) is 5.69 Å². The number of anilines is 1. The van der Waals surface area contributed by atoms with Gasteiger partial charge in [0.2, 0.25) is 5.91 Å². The van der Waals surface area contributed by atoms with Crippen LogP contribution in [0.5, 0.6) is 5.75 Å². The second-order valence-electron chi connectivity index (χ2n) is 5.11. The summed E-state index contributed by atoms with van der Waals surface area (Å²) in [6.07, 6.45) is 0.424. The van der Waals surface area contributed by atoms with Gasteiger partial charge in [0.25, 0.3) is 0 Å². The van der Waals surface area contributed by atoms with Crippen molar-refractivity contribution in [1.29, 1.82) is 5.26 Å². The van der Waals surface area contributed by atoms with E-state index in [9.17, 15) is 9.59 Å². The fraction of sp³-hybridized carbons (Fsp3) is 0.111. The number of para-hydroxylation sites is 1. The molecule has 6 heteroatoms. The summed E-state index contributed by atoms with van der Waals surface area (Å²) in [6, 6.07) is 17.1. The van der Waals surface area contributed by atoms with Gasteiger partial charge in [-0.15, -0.1) is 0 Å². The minimum Gasteiger partial charge on any atom is -0.422 e. The predicted molar refractivity (Wildman–Crippen MR) is 87.4 cm³/mol. The van der Waals surface area contributed by atoms with Crippen molar-refractivity contribution in [3.8, 4) is 11.8 Å². The normalized spacial score (nSPS) is 13.9. The number of esters is 1. The standard InChI is InChI=1S/C18H13N3O3/c19-12-13-6-8-15(9-7-13)24-18(23)16-10-11-17(22)21(20-16)14-4-2-1-3-5-14/h1-9H,10-11H2. The Hall–Kier alpha value is -3.46. The van der Waals surface area contributed by atoms with E-state index >= 15 is 0 Å². The van der Waals surface area contributed by atoms with Gasteiger partial charge in [0.1, 0.15) is 11.5 Å². The average Bonchev–Trinajstić information content (AvgIpc) is 2.63. The van der Waals surface area contributed by atoms with Crippen LogP contribution in [0, 0.1) is 11.3 Å². The molecule has 0 unspecified atom stereocenters. The number of nitriles is 1. The van der Waals surface area contributed by atoms with Crippen molar-refractivity contribution in [3.05, 3.63) is 60.2 Å². The maximum Gasteiger partial charge on any atom is 0.359 e. The van der Waals surface area contributed by atoms with Crippen LogP contribution in [0.1, 0.15) is 18.4 Å². The van der Waals surface area contributed by atoms with Crippen molar-refractivity contribution >= 4 is 23.3 Å². The van der Waals surface area contributed by atoms with Gasteiger partial charge >= 0.3 is 5.97 Å². The van der Waals surface area contributed by atoms with Crippen molar-refractivity contribution in [2.24, 2.45) is 5.10 Å². The van der Waals surface area contributed by atoms with Gasteiger partial charge in [-0.3, -0.25) is 4.79 Å². The Balaban J connectivity index is 1.78. The lowest BCUT2D eigenvalue weighted by molar-refractivity contribution is -0.127. The summed E-state index contributed by atoms with van der Waals surface area (Å²) in [5, 5.41) is 14.1. The van der Waals surface area contributed by atoms with E-state index in [0.717, 1.165) is 0 Å². The lowest BCUT2D eigenvalue weighted by Crippen LogP contribution is -2.35. The van der Waals surface area contributed by atoms with Gasteiger partial charge in [0.05, 0.1) is 17.3 Å². The van der Waals surface area contributed by atoms with Crippen LogP contribution in [0.3, 0.4) is 0 Å². The fourth-order valence-corrected chi connectivity index (χ4v) is 2.23. The Morgan fingerprint density at radius 2 is 1.79 bits per heavy atom. The second-order valence-corrected chi connectivity index (χ2v) is 5.11. The second kappa shape index (κ2) is 6.75. The van der Waals surface area contributed by atoms with Gasteiger partial charge in [-0.05, 0) is 36.4 Å². The zero-order chi connectivity index (χ0) is 16.9. The Morgan fingerprint density at radius 3 is 2.46 bits per heavy atom. The SMILES string of the molecule is N#Cc1ccc(OC(=O)C2=NN(c3ccccc3)C(=O)CC2)cc1. The van der Waals surface area contributed by atoms with Crippen LogP contribution in [0.25, 0.3) is 0 Å². The molecule has 0 aromatic heterocycles. The number of carbonyl (C=O) groups is 2. The molecule has 0 saturated carbocycles. The minimum atomic E-state index is -0.604. The number of hydrogen-bond acceptors (Lipinski definition) is 5. The molecule has 0 spiro atoms. The maximum atomic E-state index is 12.2. The van der Waals surface area contributed by atoms with Crippen LogP contribution >= 0.6 is 0 Å². The molecule has 0 bridgehead atoms. The molecule has 24 heavy (non-hydrogen) atoms. The van der Waals surface area contributed by atoms with E-state index in [0.29, 0.717) is 17.0 Å². The highest BCUT2D eigenvalue weighted by Crippen LogP contribution is 2.20. The largest absolute Gasteiger partial charge is 0.422 e. The maximum absolute atomic E-state index is 12.2. The summed E-state index contributed by atoms with van der Waals surface area (Å²) in [6.45, 7) is 0. The number of rotatable bonds is 3. The smallest absolute Gasteiger partial charge is 0.359 e. The van der Waals surface area contributed by atoms with E-state index < -0.39 is 5.97 Å². The van der Waals surface area contributed by atoms with Gasteiger partial charge in [0.15, 0.2) is 0 Å². The molecule has 0 N–H and O–H groups in total. The molecular weight excluding hydrogens is 306 g/mol. The van der Waals surface area contributed by atoms with Crippen LogP contribution < -0.4 is 9.75 Å². The van der Waals surface area contributed by atoms with Gasteiger partial charge in [-0.25, -0.2) is 9.80 Å². The molecule has 2 aromatic carbocycles. The molecule has 0 aliphatic carbocycles. The molecule has 0 radical (unpaired) electrons. The topological polar surface area (TPSA) is 82.8 Å². The van der Waals surface area contributed by atoms with E-state index in [4.69, 9.17) is 10.00 Å². The molecule has 1 aliphatic heterocycles. The van der Waals surface area contributed by atoms with Gasteiger partial charge in [-0.2, -0.15) is 10.4 Å².